The van der Waals surface area contributed by atoms with Crippen LogP contribution in [0.4, 0.5) is 0 Å². The van der Waals surface area contributed by atoms with Gasteiger partial charge in [0, 0.05) is 19.4 Å². The third-order valence-corrected chi connectivity index (χ3v) is 8.64. The molecule has 0 radical (unpaired) electrons. The third kappa shape index (κ3) is 40.2. The van der Waals surface area contributed by atoms with E-state index in [0.29, 0.717) is 12.8 Å². The van der Waals surface area contributed by atoms with Gasteiger partial charge >= 0.3 is 19.8 Å². The lowest BCUT2D eigenvalue weighted by Gasteiger charge is -2.19. The van der Waals surface area contributed by atoms with E-state index in [2.05, 4.69) is 111 Å². The second-order valence-electron chi connectivity index (χ2n) is 12.8. The second-order valence-corrected chi connectivity index (χ2v) is 14.2. The van der Waals surface area contributed by atoms with E-state index < -0.39 is 32.5 Å². The number of hydrogen-bond acceptors (Lipinski definition) is 8. The fourth-order valence-corrected chi connectivity index (χ4v) is 5.43. The van der Waals surface area contributed by atoms with Crippen molar-refractivity contribution >= 4 is 19.8 Å². The van der Waals surface area contributed by atoms with Crippen LogP contribution in [0, 0.1) is 0 Å². The zero-order valence-corrected chi connectivity index (χ0v) is 34.7. The van der Waals surface area contributed by atoms with Crippen molar-refractivity contribution in [1.82, 2.24) is 0 Å². The molecule has 0 aliphatic heterocycles. The smallest absolute Gasteiger partial charge is 0.462 e. The van der Waals surface area contributed by atoms with Crippen LogP contribution in [0.25, 0.3) is 0 Å². The van der Waals surface area contributed by atoms with Crippen molar-refractivity contribution in [2.24, 2.45) is 5.73 Å². The van der Waals surface area contributed by atoms with Gasteiger partial charge < -0.3 is 20.1 Å². The van der Waals surface area contributed by atoms with Crippen LogP contribution in [0.1, 0.15) is 129 Å². The Morgan fingerprint density at radius 3 is 1.49 bits per heavy atom. The number of ether oxygens (including phenoxy) is 2. The molecule has 0 fully saturated rings. The summed E-state index contributed by atoms with van der Waals surface area (Å²) in [7, 11) is -4.41. The monoisotopic (exact) mass is 785 g/mol. The van der Waals surface area contributed by atoms with E-state index >= 15 is 0 Å². The Morgan fingerprint density at radius 1 is 0.564 bits per heavy atom. The first-order chi connectivity index (χ1) is 26.8. The number of unbranched alkanes of at least 4 members (excludes halogenated alkanes) is 5. The molecular formula is C45H72NO8P. The van der Waals surface area contributed by atoms with Gasteiger partial charge in [0.15, 0.2) is 6.10 Å². The number of carbonyl (C=O) groups is 2. The molecule has 0 aromatic heterocycles. The molecule has 0 aromatic rings. The first-order valence-electron chi connectivity index (χ1n) is 20.4. The molecule has 2 unspecified atom stereocenters. The summed E-state index contributed by atoms with van der Waals surface area (Å²) < 4.78 is 32.6. The number of rotatable bonds is 36. The quantitative estimate of drug-likeness (QED) is 0.0275. The van der Waals surface area contributed by atoms with Crippen LogP contribution < -0.4 is 5.73 Å². The van der Waals surface area contributed by atoms with E-state index in [1.54, 1.807) is 0 Å². The second kappa shape index (κ2) is 40.3. The lowest BCUT2D eigenvalue weighted by molar-refractivity contribution is -0.161. The van der Waals surface area contributed by atoms with Crippen molar-refractivity contribution in [3.63, 3.8) is 0 Å². The predicted molar refractivity (Wildman–Crippen MR) is 228 cm³/mol. The van der Waals surface area contributed by atoms with Gasteiger partial charge in [0.05, 0.1) is 13.2 Å². The van der Waals surface area contributed by atoms with Gasteiger partial charge in [-0.3, -0.25) is 18.6 Å². The molecule has 310 valence electrons. The Kier molecular flexibility index (Phi) is 37.9. The molecule has 0 rings (SSSR count). The maximum absolute atomic E-state index is 12.5. The highest BCUT2D eigenvalue weighted by molar-refractivity contribution is 7.47. The van der Waals surface area contributed by atoms with Gasteiger partial charge in [0.25, 0.3) is 0 Å². The maximum Gasteiger partial charge on any atom is 0.472 e. The third-order valence-electron chi connectivity index (χ3n) is 7.66. The van der Waals surface area contributed by atoms with Crippen molar-refractivity contribution < 1.29 is 37.6 Å². The zero-order chi connectivity index (χ0) is 40.3. The van der Waals surface area contributed by atoms with Crippen molar-refractivity contribution in [2.45, 2.75) is 136 Å². The Bertz CT molecular complexity index is 1260. The highest BCUT2D eigenvalue weighted by Crippen LogP contribution is 2.43. The van der Waals surface area contributed by atoms with Crippen molar-refractivity contribution in [2.75, 3.05) is 26.4 Å². The Morgan fingerprint density at radius 2 is 1.02 bits per heavy atom. The largest absolute Gasteiger partial charge is 0.472 e. The number of hydrogen-bond donors (Lipinski definition) is 2. The average Bonchev–Trinajstić information content (AvgIpc) is 3.17. The lowest BCUT2D eigenvalue weighted by Crippen LogP contribution is -2.29. The summed E-state index contributed by atoms with van der Waals surface area (Å²) in [6.07, 6.45) is 52.8. The number of esters is 2. The molecule has 0 aliphatic carbocycles. The minimum atomic E-state index is -4.41. The van der Waals surface area contributed by atoms with Gasteiger partial charge in [-0.1, -0.05) is 136 Å². The SMILES string of the molecule is CCC=CCC=CCC=CCC=CCC=CCC=CCCC(=O)OC(COC(=O)CCCCC=CCC=CCC=CCCCCC)COP(=O)(O)OCCN. The molecule has 0 bridgehead atoms. The van der Waals surface area contributed by atoms with Crippen LogP contribution in [-0.4, -0.2) is 49.3 Å². The van der Waals surface area contributed by atoms with Crippen LogP contribution in [0.15, 0.2) is 109 Å². The minimum Gasteiger partial charge on any atom is -0.462 e. The van der Waals surface area contributed by atoms with E-state index in [1.165, 1.54) is 19.3 Å². The number of carbonyl (C=O) groups excluding carboxylic acids is 2. The summed E-state index contributed by atoms with van der Waals surface area (Å²) in [6.45, 7) is 3.42. The predicted octanol–water partition coefficient (Wildman–Crippen LogP) is 11.6. The zero-order valence-electron chi connectivity index (χ0n) is 33.9. The highest BCUT2D eigenvalue weighted by Gasteiger charge is 2.25. The summed E-state index contributed by atoms with van der Waals surface area (Å²) in [4.78, 5) is 34.8. The Hall–Kier alpha value is -3.33. The number of phosphoric ester groups is 1. The van der Waals surface area contributed by atoms with Crippen molar-refractivity contribution in [3.8, 4) is 0 Å². The van der Waals surface area contributed by atoms with Crippen molar-refractivity contribution in [3.05, 3.63) is 109 Å². The van der Waals surface area contributed by atoms with E-state index in [0.717, 1.165) is 70.6 Å². The molecule has 3 N–H and O–H groups in total. The lowest BCUT2D eigenvalue weighted by atomic mass is 10.1. The molecule has 0 aliphatic rings. The summed E-state index contributed by atoms with van der Waals surface area (Å²) in [5, 5.41) is 0. The van der Waals surface area contributed by atoms with Crippen LogP contribution in [0.3, 0.4) is 0 Å². The van der Waals surface area contributed by atoms with E-state index in [1.807, 2.05) is 12.2 Å². The van der Waals surface area contributed by atoms with Crippen LogP contribution in [-0.2, 0) is 32.7 Å². The molecular weight excluding hydrogens is 713 g/mol. The molecule has 0 amide bonds. The van der Waals surface area contributed by atoms with Gasteiger partial charge in [-0.05, 0) is 89.9 Å². The fourth-order valence-electron chi connectivity index (χ4n) is 4.66. The fraction of sp³-hybridized carbons (Fsp3) is 0.556. The molecule has 0 saturated carbocycles. The first-order valence-corrected chi connectivity index (χ1v) is 21.9. The molecule has 2 atom stereocenters. The van der Waals surface area contributed by atoms with E-state index in [-0.39, 0.29) is 32.6 Å². The Balaban J connectivity index is 4.42. The van der Waals surface area contributed by atoms with Crippen LogP contribution >= 0.6 is 7.82 Å². The molecule has 0 spiro atoms. The average molecular weight is 786 g/mol. The summed E-state index contributed by atoms with van der Waals surface area (Å²) in [5.74, 6) is -0.986. The molecule has 9 nitrogen and oxygen atoms in total. The van der Waals surface area contributed by atoms with Crippen LogP contribution in [0.5, 0.6) is 0 Å². The van der Waals surface area contributed by atoms with Crippen LogP contribution in [0.2, 0.25) is 0 Å². The highest BCUT2D eigenvalue weighted by atomic mass is 31.2. The van der Waals surface area contributed by atoms with Gasteiger partial charge in [-0.25, -0.2) is 4.57 Å². The number of phosphoric acid groups is 1. The molecule has 10 heteroatoms. The first kappa shape index (κ1) is 51.7. The standard InChI is InChI=1S/C45H72NO8P/c1-3-5-7-9-11-13-15-17-19-20-21-22-24-26-28-30-32-34-36-38-45(48)54-43(42-53-55(49,50)52-40-39-46)41-51-44(47)37-35-33-31-29-27-25-23-18-16-14-12-10-8-6-4-2/h5,7,11-14,17-19,21-23,26-29,32,34,43H,3-4,6,8-10,15-16,20,24-25,30-31,33,35-42,46H2,1-2H3,(H,49,50). The van der Waals surface area contributed by atoms with Crippen molar-refractivity contribution in [1.29, 1.82) is 0 Å². The van der Waals surface area contributed by atoms with Gasteiger partial charge in [0.2, 0.25) is 0 Å². The maximum atomic E-state index is 12.5. The molecule has 0 aromatic carbocycles. The number of allylic oxidation sites excluding steroid dienone is 18. The normalized spacial score (nSPS) is 14.5. The summed E-state index contributed by atoms with van der Waals surface area (Å²) in [5.41, 5.74) is 5.33. The molecule has 0 heterocycles. The minimum absolute atomic E-state index is 0.0303. The van der Waals surface area contributed by atoms with Gasteiger partial charge in [0.1, 0.15) is 6.61 Å². The Labute approximate surface area is 333 Å². The van der Waals surface area contributed by atoms with Gasteiger partial charge in [-0.2, -0.15) is 0 Å². The summed E-state index contributed by atoms with van der Waals surface area (Å²) >= 11 is 0. The number of nitrogens with two attached hydrogens (primary N) is 1. The topological polar surface area (TPSA) is 134 Å². The molecule has 0 saturated heterocycles. The molecule has 55 heavy (non-hydrogen) atoms. The van der Waals surface area contributed by atoms with Gasteiger partial charge in [-0.15, -0.1) is 0 Å². The van der Waals surface area contributed by atoms with E-state index in [9.17, 15) is 19.0 Å². The van der Waals surface area contributed by atoms with E-state index in [4.69, 9.17) is 24.3 Å². The summed E-state index contributed by atoms with van der Waals surface area (Å²) in [6, 6.07) is 0.